The summed E-state index contributed by atoms with van der Waals surface area (Å²) in [5.41, 5.74) is -0.198. The van der Waals surface area contributed by atoms with Crippen LogP contribution in [0.25, 0.3) is 0 Å². The lowest BCUT2D eigenvalue weighted by atomic mass is 9.80. The third kappa shape index (κ3) is 4.20. The molecule has 2 heterocycles. The topological polar surface area (TPSA) is 73.9 Å². The summed E-state index contributed by atoms with van der Waals surface area (Å²) in [5, 5.41) is 5.95. The van der Waals surface area contributed by atoms with Crippen LogP contribution in [0.1, 0.15) is 44.9 Å². The average Bonchev–Trinajstić information content (AvgIpc) is 3.22. The number of carbonyl (C=O) groups is 2. The van der Waals surface area contributed by atoms with E-state index in [1.165, 1.54) is 12.8 Å². The summed E-state index contributed by atoms with van der Waals surface area (Å²) in [4.78, 5) is 31.0. The molecular formula is C22H32N4O3. The van der Waals surface area contributed by atoms with E-state index in [4.69, 9.17) is 4.74 Å². The molecule has 158 valence electrons. The van der Waals surface area contributed by atoms with Gasteiger partial charge in [0.1, 0.15) is 11.3 Å². The minimum absolute atomic E-state index is 0.0962. The lowest BCUT2D eigenvalue weighted by molar-refractivity contribution is -0.142. The summed E-state index contributed by atoms with van der Waals surface area (Å²) in [6.07, 6.45) is 6.83. The second-order valence-electron chi connectivity index (χ2n) is 8.51. The molecule has 0 radical (unpaired) electrons. The fourth-order valence-corrected chi connectivity index (χ4v) is 5.14. The van der Waals surface area contributed by atoms with Crippen LogP contribution < -0.4 is 15.4 Å². The quantitative estimate of drug-likeness (QED) is 0.815. The number of hydrogen-bond acceptors (Lipinski definition) is 4. The number of piperazine rings is 1. The van der Waals surface area contributed by atoms with E-state index in [1.807, 2.05) is 17.0 Å². The van der Waals surface area contributed by atoms with Gasteiger partial charge in [-0.05, 0) is 44.4 Å². The Kier molecular flexibility index (Phi) is 5.94. The molecule has 1 aromatic rings. The number of ether oxygens (including phenoxy) is 1. The van der Waals surface area contributed by atoms with Crippen molar-refractivity contribution in [1.29, 1.82) is 0 Å². The van der Waals surface area contributed by atoms with E-state index >= 15 is 0 Å². The van der Waals surface area contributed by atoms with E-state index in [1.54, 1.807) is 19.2 Å². The molecule has 1 aliphatic carbocycles. The Bertz CT molecular complexity index is 747. The minimum Gasteiger partial charge on any atom is -0.495 e. The van der Waals surface area contributed by atoms with Crippen LogP contribution in [0.5, 0.6) is 5.75 Å². The number of rotatable bonds is 4. The normalized spacial score (nSPS) is 23.9. The van der Waals surface area contributed by atoms with E-state index in [0.29, 0.717) is 30.3 Å². The van der Waals surface area contributed by atoms with Gasteiger partial charge in [0.05, 0.1) is 12.8 Å². The maximum atomic E-state index is 13.6. The standard InChI is InChI=1S/C22H32N4O3/c1-29-19-10-4-3-9-18(19)23-21(28)24-22(11-5-2-6-12-22)20(27)26-15-14-25-13-7-8-17(25)16-26/h3-4,9-10,17H,2,5-8,11-16H2,1H3,(H2,23,24,28). The van der Waals surface area contributed by atoms with Crippen LogP contribution in [0, 0.1) is 0 Å². The first kappa shape index (κ1) is 20.0. The number of nitrogens with zero attached hydrogens (tertiary/aromatic N) is 2. The molecule has 2 N–H and O–H groups in total. The van der Waals surface area contributed by atoms with Crippen LogP contribution in [-0.4, -0.2) is 66.6 Å². The van der Waals surface area contributed by atoms with Crippen LogP contribution in [0.15, 0.2) is 24.3 Å². The molecule has 2 aliphatic heterocycles. The number of amides is 3. The van der Waals surface area contributed by atoms with Crippen molar-refractivity contribution < 1.29 is 14.3 Å². The fraction of sp³-hybridized carbons (Fsp3) is 0.636. The molecule has 0 bridgehead atoms. The minimum atomic E-state index is -0.800. The molecule has 0 aromatic heterocycles. The monoisotopic (exact) mass is 400 g/mol. The van der Waals surface area contributed by atoms with E-state index in [9.17, 15) is 9.59 Å². The van der Waals surface area contributed by atoms with Crippen LogP contribution in [0.4, 0.5) is 10.5 Å². The summed E-state index contributed by atoms with van der Waals surface area (Å²) < 4.78 is 5.32. The van der Waals surface area contributed by atoms with Crippen LogP contribution in [0.3, 0.4) is 0 Å². The van der Waals surface area contributed by atoms with Crippen LogP contribution in [-0.2, 0) is 4.79 Å². The molecule has 7 heteroatoms. The lowest BCUT2D eigenvalue weighted by Crippen LogP contribution is -2.64. The number of benzene rings is 1. The van der Waals surface area contributed by atoms with E-state index in [0.717, 1.165) is 45.4 Å². The maximum absolute atomic E-state index is 13.6. The predicted molar refractivity (Wildman–Crippen MR) is 112 cm³/mol. The number of fused-ring (bicyclic) bond motifs is 1. The highest BCUT2D eigenvalue weighted by molar-refractivity contribution is 5.97. The van der Waals surface area contributed by atoms with E-state index in [2.05, 4.69) is 15.5 Å². The maximum Gasteiger partial charge on any atom is 0.320 e. The summed E-state index contributed by atoms with van der Waals surface area (Å²) in [5.74, 6) is 0.697. The molecule has 1 saturated carbocycles. The molecule has 1 atom stereocenters. The van der Waals surface area contributed by atoms with Crippen molar-refractivity contribution in [2.24, 2.45) is 0 Å². The van der Waals surface area contributed by atoms with Crippen molar-refractivity contribution in [3.63, 3.8) is 0 Å². The summed E-state index contributed by atoms with van der Waals surface area (Å²) in [6.45, 7) is 3.64. The molecule has 3 amide bonds. The van der Waals surface area contributed by atoms with Gasteiger partial charge in [-0.2, -0.15) is 0 Å². The molecule has 29 heavy (non-hydrogen) atoms. The SMILES string of the molecule is COc1ccccc1NC(=O)NC1(C(=O)N2CCN3CCCC3C2)CCCCC1. The molecule has 1 unspecified atom stereocenters. The van der Waals surface area contributed by atoms with Gasteiger partial charge in [0, 0.05) is 25.7 Å². The van der Waals surface area contributed by atoms with Crippen LogP contribution >= 0.6 is 0 Å². The molecular weight excluding hydrogens is 368 g/mol. The number of para-hydroxylation sites is 2. The average molecular weight is 401 g/mol. The number of carbonyl (C=O) groups excluding carboxylic acids is 2. The molecule has 0 spiro atoms. The van der Waals surface area contributed by atoms with Gasteiger partial charge in [-0.15, -0.1) is 0 Å². The first-order valence-electron chi connectivity index (χ1n) is 10.9. The van der Waals surface area contributed by atoms with Crippen molar-refractivity contribution in [2.75, 3.05) is 38.6 Å². The summed E-state index contributed by atoms with van der Waals surface area (Å²) in [7, 11) is 1.58. The van der Waals surface area contributed by atoms with Crippen molar-refractivity contribution in [1.82, 2.24) is 15.1 Å². The van der Waals surface area contributed by atoms with E-state index in [-0.39, 0.29) is 11.9 Å². The Morgan fingerprint density at radius 1 is 1.07 bits per heavy atom. The Hall–Kier alpha value is -2.28. The largest absolute Gasteiger partial charge is 0.495 e. The zero-order chi connectivity index (χ0) is 20.3. The van der Waals surface area contributed by atoms with Gasteiger partial charge >= 0.3 is 6.03 Å². The zero-order valence-electron chi connectivity index (χ0n) is 17.3. The number of nitrogens with one attached hydrogen (secondary N) is 2. The van der Waals surface area contributed by atoms with Gasteiger partial charge in [-0.3, -0.25) is 9.69 Å². The molecule has 1 aromatic carbocycles. The molecule has 3 fully saturated rings. The Morgan fingerprint density at radius 3 is 2.66 bits per heavy atom. The molecule has 4 rings (SSSR count). The summed E-state index contributed by atoms with van der Waals surface area (Å²) in [6, 6.07) is 7.45. The third-order valence-electron chi connectivity index (χ3n) is 6.70. The molecule has 3 aliphatic rings. The Labute approximate surface area is 172 Å². The highest BCUT2D eigenvalue weighted by Crippen LogP contribution is 2.32. The van der Waals surface area contributed by atoms with Gasteiger partial charge in [0.15, 0.2) is 0 Å². The first-order valence-corrected chi connectivity index (χ1v) is 10.9. The Balaban J connectivity index is 1.47. The predicted octanol–water partition coefficient (Wildman–Crippen LogP) is 2.83. The highest BCUT2D eigenvalue weighted by Gasteiger charge is 2.45. The third-order valence-corrected chi connectivity index (χ3v) is 6.70. The van der Waals surface area contributed by atoms with Crippen molar-refractivity contribution >= 4 is 17.6 Å². The van der Waals surface area contributed by atoms with Gasteiger partial charge in [-0.1, -0.05) is 31.4 Å². The first-order chi connectivity index (χ1) is 14.1. The second kappa shape index (κ2) is 8.61. The van der Waals surface area contributed by atoms with Gasteiger partial charge in [0.25, 0.3) is 0 Å². The van der Waals surface area contributed by atoms with Crippen LogP contribution in [0.2, 0.25) is 0 Å². The zero-order valence-corrected chi connectivity index (χ0v) is 17.3. The number of methoxy groups -OCH3 is 1. The van der Waals surface area contributed by atoms with Gasteiger partial charge < -0.3 is 20.3 Å². The van der Waals surface area contributed by atoms with Crippen molar-refractivity contribution in [2.45, 2.75) is 56.5 Å². The van der Waals surface area contributed by atoms with E-state index < -0.39 is 5.54 Å². The fourth-order valence-electron chi connectivity index (χ4n) is 5.14. The van der Waals surface area contributed by atoms with Gasteiger partial charge in [-0.25, -0.2) is 4.79 Å². The number of urea groups is 1. The molecule has 2 saturated heterocycles. The summed E-state index contributed by atoms with van der Waals surface area (Å²) >= 11 is 0. The highest BCUT2D eigenvalue weighted by atomic mass is 16.5. The number of hydrogen-bond donors (Lipinski definition) is 2. The second-order valence-corrected chi connectivity index (χ2v) is 8.51. The Morgan fingerprint density at radius 2 is 1.86 bits per heavy atom. The number of anilines is 1. The smallest absolute Gasteiger partial charge is 0.320 e. The molecule has 7 nitrogen and oxygen atoms in total. The van der Waals surface area contributed by atoms with Crippen molar-refractivity contribution in [3.05, 3.63) is 24.3 Å². The van der Waals surface area contributed by atoms with Gasteiger partial charge in [0.2, 0.25) is 5.91 Å². The van der Waals surface area contributed by atoms with Crippen molar-refractivity contribution in [3.8, 4) is 5.75 Å². The lowest BCUT2D eigenvalue weighted by Gasteiger charge is -2.44.